The summed E-state index contributed by atoms with van der Waals surface area (Å²) in [5.41, 5.74) is -0.839. The predicted molar refractivity (Wildman–Crippen MR) is 143 cm³/mol. The first kappa shape index (κ1) is 29.0. The number of likely N-dealkylation sites (tertiary alicyclic amines) is 1. The monoisotopic (exact) mass is 508 g/mol. The zero-order valence-corrected chi connectivity index (χ0v) is 24.7. The van der Waals surface area contributed by atoms with Crippen molar-refractivity contribution in [1.29, 1.82) is 0 Å². The predicted octanol–water partition coefficient (Wildman–Crippen LogP) is 4.72. The second-order valence-electron chi connectivity index (χ2n) is 14.1. The molecule has 36 heavy (non-hydrogen) atoms. The van der Waals surface area contributed by atoms with Gasteiger partial charge in [0.1, 0.15) is 11.2 Å². The number of piperazine rings is 1. The summed E-state index contributed by atoms with van der Waals surface area (Å²) >= 11 is 0. The van der Waals surface area contributed by atoms with E-state index in [9.17, 15) is 9.59 Å². The fourth-order valence-electron chi connectivity index (χ4n) is 6.43. The van der Waals surface area contributed by atoms with E-state index in [1.54, 1.807) is 0 Å². The van der Waals surface area contributed by atoms with Crippen molar-refractivity contribution < 1.29 is 19.1 Å². The van der Waals surface area contributed by atoms with E-state index < -0.39 is 11.2 Å². The third kappa shape index (κ3) is 6.12. The molecule has 8 nitrogen and oxygen atoms in total. The number of hydrogen-bond acceptors (Lipinski definition) is 6. The van der Waals surface area contributed by atoms with E-state index >= 15 is 0 Å². The van der Waals surface area contributed by atoms with Crippen LogP contribution in [0.4, 0.5) is 9.59 Å². The Morgan fingerprint density at radius 1 is 0.972 bits per heavy atom. The van der Waals surface area contributed by atoms with Crippen molar-refractivity contribution in [2.75, 3.05) is 32.7 Å². The molecule has 0 aromatic rings. The molecule has 5 atom stereocenters. The molecule has 2 unspecified atom stereocenters. The minimum Gasteiger partial charge on any atom is -0.444 e. The first-order valence-electron chi connectivity index (χ1n) is 13.9. The number of hydrogen-bond donors (Lipinski definition) is 1. The summed E-state index contributed by atoms with van der Waals surface area (Å²) in [7, 11) is 0. The lowest BCUT2D eigenvalue weighted by atomic mass is 9.90. The van der Waals surface area contributed by atoms with Crippen molar-refractivity contribution >= 4 is 12.2 Å². The van der Waals surface area contributed by atoms with E-state index in [0.717, 1.165) is 39.0 Å². The van der Waals surface area contributed by atoms with Gasteiger partial charge in [-0.1, -0.05) is 6.92 Å². The van der Waals surface area contributed by atoms with Gasteiger partial charge in [0.25, 0.3) is 0 Å². The van der Waals surface area contributed by atoms with Crippen LogP contribution in [0, 0.1) is 10.8 Å². The highest BCUT2D eigenvalue weighted by Crippen LogP contribution is 2.70. The van der Waals surface area contributed by atoms with Crippen molar-refractivity contribution in [3.05, 3.63) is 0 Å². The number of rotatable bonds is 6. The van der Waals surface area contributed by atoms with Crippen LogP contribution in [-0.2, 0) is 9.47 Å². The lowest BCUT2D eigenvalue weighted by molar-refractivity contribution is -0.00440. The van der Waals surface area contributed by atoms with Gasteiger partial charge in [0.15, 0.2) is 0 Å². The number of nitrogens with one attached hydrogen (secondary N) is 1. The molecule has 1 saturated carbocycles. The molecule has 0 radical (unpaired) electrons. The molecule has 208 valence electrons. The Hall–Kier alpha value is -1.54. The molecule has 2 amide bonds. The van der Waals surface area contributed by atoms with Crippen LogP contribution < -0.4 is 5.32 Å². The summed E-state index contributed by atoms with van der Waals surface area (Å²) in [4.78, 5) is 32.2. The minimum atomic E-state index is -0.501. The van der Waals surface area contributed by atoms with Crippen LogP contribution >= 0.6 is 0 Å². The minimum absolute atomic E-state index is 0.0661. The molecule has 3 aliphatic rings. The SMILES string of the molecule is CC(C)N1CC2(CCC(C)N3CCN(C(=O)OC(C)(C)C)[C@H](C)C3)[C@@H](NC(=O)OC(C)(C)C)[C@]2(C)C1. The van der Waals surface area contributed by atoms with Crippen molar-refractivity contribution in [2.24, 2.45) is 10.8 Å². The maximum Gasteiger partial charge on any atom is 0.410 e. The Morgan fingerprint density at radius 2 is 1.58 bits per heavy atom. The topological polar surface area (TPSA) is 74.4 Å². The third-order valence-corrected chi connectivity index (χ3v) is 8.57. The number of nitrogens with zero attached hydrogens (tertiary/aromatic N) is 3. The van der Waals surface area contributed by atoms with Crippen molar-refractivity contribution in [3.8, 4) is 0 Å². The van der Waals surface area contributed by atoms with Crippen LogP contribution in [0.3, 0.4) is 0 Å². The molecule has 3 rings (SSSR count). The van der Waals surface area contributed by atoms with Crippen LogP contribution in [0.15, 0.2) is 0 Å². The summed E-state index contributed by atoms with van der Waals surface area (Å²) < 4.78 is 11.2. The Bertz CT molecular complexity index is 819. The van der Waals surface area contributed by atoms with Crippen LogP contribution in [0.25, 0.3) is 0 Å². The molecule has 2 saturated heterocycles. The van der Waals surface area contributed by atoms with Gasteiger partial charge in [-0.25, -0.2) is 9.59 Å². The lowest BCUT2D eigenvalue weighted by Gasteiger charge is -2.42. The van der Waals surface area contributed by atoms with Crippen molar-refractivity contribution in [2.45, 2.75) is 124 Å². The van der Waals surface area contributed by atoms with E-state index in [1.165, 1.54) is 0 Å². The van der Waals surface area contributed by atoms with Crippen LogP contribution in [0.5, 0.6) is 0 Å². The maximum atomic E-state index is 12.6. The molecule has 2 aliphatic heterocycles. The van der Waals surface area contributed by atoms with Gasteiger partial charge in [0, 0.05) is 67.7 Å². The Morgan fingerprint density at radius 3 is 2.11 bits per heavy atom. The lowest BCUT2D eigenvalue weighted by Crippen LogP contribution is -2.56. The van der Waals surface area contributed by atoms with Crippen LogP contribution in [-0.4, -0.2) is 95.0 Å². The Labute approximate surface area is 219 Å². The van der Waals surface area contributed by atoms with Crippen molar-refractivity contribution in [3.63, 3.8) is 0 Å². The number of amides is 2. The molecule has 0 aromatic heterocycles. The molecule has 8 heteroatoms. The fourth-order valence-corrected chi connectivity index (χ4v) is 6.43. The van der Waals surface area contributed by atoms with E-state index in [0.29, 0.717) is 18.6 Å². The van der Waals surface area contributed by atoms with Gasteiger partial charge < -0.3 is 19.7 Å². The largest absolute Gasteiger partial charge is 0.444 e. The number of carbonyl (C=O) groups is 2. The molecule has 3 fully saturated rings. The number of ether oxygens (including phenoxy) is 2. The van der Waals surface area contributed by atoms with E-state index in [2.05, 4.69) is 49.7 Å². The summed E-state index contributed by atoms with van der Waals surface area (Å²) in [5, 5.41) is 3.24. The standard InChI is InChI=1S/C28H52N4O4/c1-19(2)31-17-27(11)22(29-23(33)35-25(5,6)7)28(27,18-31)13-12-20(3)30-14-15-32(21(4)16-30)24(34)36-26(8,9)10/h19-22H,12-18H2,1-11H3,(H,29,33)/t20?,21-,22+,27+,28?/m1/s1. The smallest absolute Gasteiger partial charge is 0.410 e. The second kappa shape index (κ2) is 9.97. The Balaban J connectivity index is 1.60. The number of piperidine rings is 1. The van der Waals surface area contributed by atoms with E-state index in [-0.39, 0.29) is 35.1 Å². The van der Waals surface area contributed by atoms with Gasteiger partial charge in [-0.3, -0.25) is 9.80 Å². The van der Waals surface area contributed by atoms with Gasteiger partial charge in [0.05, 0.1) is 0 Å². The molecular formula is C28H52N4O4. The average molecular weight is 509 g/mol. The Kier molecular flexibility index (Phi) is 8.04. The quantitative estimate of drug-likeness (QED) is 0.560. The van der Waals surface area contributed by atoms with Crippen LogP contribution in [0.2, 0.25) is 0 Å². The number of fused-ring (bicyclic) bond motifs is 1. The molecule has 0 spiro atoms. The summed E-state index contributed by atoms with van der Waals surface area (Å²) in [6, 6.07) is 1.16. The zero-order chi connectivity index (χ0) is 27.3. The highest BCUT2D eigenvalue weighted by molar-refractivity contribution is 5.70. The first-order valence-corrected chi connectivity index (χ1v) is 13.9. The van der Waals surface area contributed by atoms with Gasteiger partial charge >= 0.3 is 12.2 Å². The van der Waals surface area contributed by atoms with E-state index in [4.69, 9.17) is 9.47 Å². The van der Waals surface area contributed by atoms with Crippen molar-refractivity contribution in [1.82, 2.24) is 20.0 Å². The van der Waals surface area contributed by atoms with Gasteiger partial charge in [-0.2, -0.15) is 0 Å². The third-order valence-electron chi connectivity index (χ3n) is 8.57. The molecule has 1 N–H and O–H groups in total. The maximum absolute atomic E-state index is 12.6. The molecule has 0 bridgehead atoms. The van der Waals surface area contributed by atoms with Crippen LogP contribution in [0.1, 0.15) is 89.0 Å². The number of carbonyl (C=O) groups excluding carboxylic acids is 2. The normalized spacial score (nSPS) is 32.3. The highest BCUT2D eigenvalue weighted by atomic mass is 16.6. The van der Waals surface area contributed by atoms with Gasteiger partial charge in [-0.15, -0.1) is 0 Å². The molecule has 1 aliphatic carbocycles. The molecule has 2 heterocycles. The van der Waals surface area contributed by atoms with E-state index in [1.807, 2.05) is 46.4 Å². The zero-order valence-electron chi connectivity index (χ0n) is 24.7. The highest BCUT2D eigenvalue weighted by Gasteiger charge is 2.77. The fraction of sp³-hybridized carbons (Fsp3) is 0.929. The van der Waals surface area contributed by atoms with Gasteiger partial charge in [-0.05, 0) is 82.1 Å². The summed E-state index contributed by atoms with van der Waals surface area (Å²) in [6.45, 7) is 27.1. The molecule has 0 aromatic carbocycles. The molecular weight excluding hydrogens is 456 g/mol. The van der Waals surface area contributed by atoms with Gasteiger partial charge in [0.2, 0.25) is 0 Å². The average Bonchev–Trinajstić information content (AvgIpc) is 3.00. The number of alkyl carbamates (subject to hydrolysis) is 1. The first-order chi connectivity index (χ1) is 16.4. The second-order valence-corrected chi connectivity index (χ2v) is 14.1. The summed E-state index contributed by atoms with van der Waals surface area (Å²) in [5.74, 6) is 0. The summed E-state index contributed by atoms with van der Waals surface area (Å²) in [6.07, 6.45) is 1.60.